The van der Waals surface area contributed by atoms with Crippen molar-refractivity contribution in [1.82, 2.24) is 15.2 Å². The molecule has 18 heavy (non-hydrogen) atoms. The summed E-state index contributed by atoms with van der Waals surface area (Å²) in [5.41, 5.74) is 1.60. The molecule has 1 saturated heterocycles. The van der Waals surface area contributed by atoms with Crippen LogP contribution >= 0.6 is 0 Å². The predicted octanol–water partition coefficient (Wildman–Crippen LogP) is 0.166. The van der Waals surface area contributed by atoms with Crippen molar-refractivity contribution in [2.75, 3.05) is 26.2 Å². The molecule has 1 aromatic carbocycles. The summed E-state index contributed by atoms with van der Waals surface area (Å²) in [6, 6.07) is 4.98. The standard InChI is InChI=1S/C12H13N3O3/c16-11(15-5-3-13-4-6-15)8-1-2-10-9(7-8)14-12(17)18-10/h1-2,7,13H,3-6H2,(H,14,17). The lowest BCUT2D eigenvalue weighted by atomic mass is 10.1. The van der Waals surface area contributed by atoms with Crippen LogP contribution in [0.15, 0.2) is 27.4 Å². The van der Waals surface area contributed by atoms with E-state index in [4.69, 9.17) is 4.42 Å². The number of amides is 1. The minimum absolute atomic E-state index is 0.0135. The Labute approximate surface area is 103 Å². The Hall–Kier alpha value is -2.08. The Morgan fingerprint density at radius 2 is 2.06 bits per heavy atom. The number of oxazole rings is 1. The summed E-state index contributed by atoms with van der Waals surface area (Å²) in [6.45, 7) is 3.05. The Bertz CT molecular complexity index is 637. The van der Waals surface area contributed by atoms with Crippen LogP contribution in [0.4, 0.5) is 0 Å². The number of rotatable bonds is 1. The maximum atomic E-state index is 12.2. The summed E-state index contributed by atoms with van der Waals surface area (Å²) in [6.07, 6.45) is 0. The van der Waals surface area contributed by atoms with Gasteiger partial charge in [-0.3, -0.25) is 9.78 Å². The summed E-state index contributed by atoms with van der Waals surface area (Å²) in [4.78, 5) is 27.6. The van der Waals surface area contributed by atoms with Crippen molar-refractivity contribution in [1.29, 1.82) is 0 Å². The Morgan fingerprint density at radius 3 is 2.83 bits per heavy atom. The van der Waals surface area contributed by atoms with E-state index in [1.165, 1.54) is 0 Å². The van der Waals surface area contributed by atoms with Gasteiger partial charge < -0.3 is 14.6 Å². The van der Waals surface area contributed by atoms with Gasteiger partial charge in [0, 0.05) is 31.7 Å². The van der Waals surface area contributed by atoms with E-state index >= 15 is 0 Å². The molecule has 2 heterocycles. The largest absolute Gasteiger partial charge is 0.417 e. The minimum Gasteiger partial charge on any atom is -0.408 e. The van der Waals surface area contributed by atoms with E-state index in [0.717, 1.165) is 13.1 Å². The second-order valence-electron chi connectivity index (χ2n) is 4.27. The fourth-order valence-electron chi connectivity index (χ4n) is 2.14. The molecule has 94 valence electrons. The average Bonchev–Trinajstić information content (AvgIpc) is 2.78. The Morgan fingerprint density at radius 1 is 1.28 bits per heavy atom. The molecule has 0 bridgehead atoms. The zero-order valence-electron chi connectivity index (χ0n) is 9.73. The van der Waals surface area contributed by atoms with Gasteiger partial charge in [-0.1, -0.05) is 0 Å². The molecule has 6 heteroatoms. The van der Waals surface area contributed by atoms with Gasteiger partial charge in [0.05, 0.1) is 5.52 Å². The molecule has 1 fully saturated rings. The van der Waals surface area contributed by atoms with E-state index in [1.807, 2.05) is 0 Å². The van der Waals surface area contributed by atoms with Gasteiger partial charge in [-0.2, -0.15) is 0 Å². The number of nitrogens with zero attached hydrogens (tertiary/aromatic N) is 1. The molecular formula is C12H13N3O3. The zero-order valence-corrected chi connectivity index (χ0v) is 9.73. The number of carbonyl (C=O) groups excluding carboxylic acids is 1. The third-order valence-electron chi connectivity index (χ3n) is 3.07. The zero-order chi connectivity index (χ0) is 12.5. The van der Waals surface area contributed by atoms with E-state index in [0.29, 0.717) is 29.8 Å². The average molecular weight is 247 g/mol. The number of nitrogens with one attached hydrogen (secondary N) is 2. The molecule has 3 rings (SSSR count). The number of aromatic amines is 1. The topological polar surface area (TPSA) is 78.3 Å². The lowest BCUT2D eigenvalue weighted by Crippen LogP contribution is -2.46. The van der Waals surface area contributed by atoms with Gasteiger partial charge in [-0.15, -0.1) is 0 Å². The predicted molar refractivity (Wildman–Crippen MR) is 65.6 cm³/mol. The summed E-state index contributed by atoms with van der Waals surface area (Å²) in [7, 11) is 0. The van der Waals surface area contributed by atoms with Crippen molar-refractivity contribution in [3.63, 3.8) is 0 Å². The molecule has 0 atom stereocenters. The van der Waals surface area contributed by atoms with Crippen LogP contribution in [0.25, 0.3) is 11.1 Å². The van der Waals surface area contributed by atoms with Crippen LogP contribution in [0.5, 0.6) is 0 Å². The van der Waals surface area contributed by atoms with E-state index in [1.54, 1.807) is 23.1 Å². The van der Waals surface area contributed by atoms with Gasteiger partial charge in [0.25, 0.3) is 5.91 Å². The Balaban J connectivity index is 1.92. The molecule has 1 aliphatic rings. The van der Waals surface area contributed by atoms with Crippen LogP contribution in [-0.4, -0.2) is 42.0 Å². The number of piperazine rings is 1. The van der Waals surface area contributed by atoms with Gasteiger partial charge in [-0.25, -0.2) is 4.79 Å². The number of H-pyrrole nitrogens is 1. The first kappa shape index (κ1) is 11.0. The molecule has 2 aromatic rings. The molecule has 0 unspecified atom stereocenters. The molecular weight excluding hydrogens is 234 g/mol. The highest BCUT2D eigenvalue weighted by Gasteiger charge is 2.18. The molecule has 0 saturated carbocycles. The molecule has 1 amide bonds. The number of benzene rings is 1. The van der Waals surface area contributed by atoms with E-state index in [-0.39, 0.29) is 5.91 Å². The number of carbonyl (C=O) groups is 1. The second kappa shape index (κ2) is 4.30. The van der Waals surface area contributed by atoms with Crippen molar-refractivity contribution < 1.29 is 9.21 Å². The smallest absolute Gasteiger partial charge is 0.408 e. The van der Waals surface area contributed by atoms with Crippen molar-refractivity contribution in [3.8, 4) is 0 Å². The normalized spacial score (nSPS) is 16.1. The van der Waals surface area contributed by atoms with Gasteiger partial charge in [-0.05, 0) is 18.2 Å². The quantitative estimate of drug-likeness (QED) is 0.752. The minimum atomic E-state index is -0.503. The SMILES string of the molecule is O=C(c1ccc2oc(=O)[nH]c2c1)N1CCNCC1. The molecule has 0 radical (unpaired) electrons. The van der Waals surface area contributed by atoms with E-state index < -0.39 is 5.76 Å². The first-order valence-corrected chi connectivity index (χ1v) is 5.87. The Kier molecular flexibility index (Phi) is 2.64. The monoisotopic (exact) mass is 247 g/mol. The van der Waals surface area contributed by atoms with Crippen LogP contribution in [0, 0.1) is 0 Å². The maximum Gasteiger partial charge on any atom is 0.417 e. The first-order valence-electron chi connectivity index (χ1n) is 5.87. The van der Waals surface area contributed by atoms with Crippen LogP contribution in [0.3, 0.4) is 0 Å². The first-order chi connectivity index (χ1) is 8.74. The van der Waals surface area contributed by atoms with Gasteiger partial charge in [0.2, 0.25) is 0 Å². The molecule has 1 aromatic heterocycles. The molecule has 2 N–H and O–H groups in total. The fourth-order valence-corrected chi connectivity index (χ4v) is 2.14. The van der Waals surface area contributed by atoms with E-state index in [9.17, 15) is 9.59 Å². The van der Waals surface area contributed by atoms with Gasteiger partial charge >= 0.3 is 5.76 Å². The van der Waals surface area contributed by atoms with Crippen molar-refractivity contribution >= 4 is 17.0 Å². The summed E-state index contributed by atoms with van der Waals surface area (Å²) < 4.78 is 4.90. The molecule has 1 aliphatic heterocycles. The molecule has 0 spiro atoms. The molecule has 0 aliphatic carbocycles. The van der Waals surface area contributed by atoms with Crippen molar-refractivity contribution in [2.24, 2.45) is 0 Å². The summed E-state index contributed by atoms with van der Waals surface area (Å²) in [5.74, 6) is -0.516. The lowest BCUT2D eigenvalue weighted by molar-refractivity contribution is 0.0736. The van der Waals surface area contributed by atoms with Crippen LogP contribution in [-0.2, 0) is 0 Å². The number of fused-ring (bicyclic) bond motifs is 1. The third-order valence-corrected chi connectivity index (χ3v) is 3.07. The maximum absolute atomic E-state index is 12.2. The molecule has 6 nitrogen and oxygen atoms in total. The van der Waals surface area contributed by atoms with Gasteiger partial charge in [0.15, 0.2) is 5.58 Å². The van der Waals surface area contributed by atoms with Crippen molar-refractivity contribution in [2.45, 2.75) is 0 Å². The number of aromatic nitrogens is 1. The van der Waals surface area contributed by atoms with Gasteiger partial charge in [0.1, 0.15) is 0 Å². The number of hydrogen-bond acceptors (Lipinski definition) is 4. The highest BCUT2D eigenvalue weighted by atomic mass is 16.4. The fraction of sp³-hybridized carbons (Fsp3) is 0.333. The summed E-state index contributed by atoms with van der Waals surface area (Å²) >= 11 is 0. The van der Waals surface area contributed by atoms with Crippen LogP contribution in [0.2, 0.25) is 0 Å². The van der Waals surface area contributed by atoms with Crippen LogP contribution in [0.1, 0.15) is 10.4 Å². The highest BCUT2D eigenvalue weighted by molar-refractivity contribution is 5.97. The summed E-state index contributed by atoms with van der Waals surface area (Å²) in [5, 5.41) is 3.20. The van der Waals surface area contributed by atoms with Crippen molar-refractivity contribution in [3.05, 3.63) is 34.3 Å². The highest BCUT2D eigenvalue weighted by Crippen LogP contribution is 2.14. The third kappa shape index (κ3) is 1.91. The number of hydrogen-bond donors (Lipinski definition) is 2. The second-order valence-corrected chi connectivity index (χ2v) is 4.27. The van der Waals surface area contributed by atoms with Crippen LogP contribution < -0.4 is 11.1 Å². The van der Waals surface area contributed by atoms with E-state index in [2.05, 4.69) is 10.3 Å². The lowest BCUT2D eigenvalue weighted by Gasteiger charge is -2.27.